The molecule has 5 aromatic rings. The van der Waals surface area contributed by atoms with Crippen molar-refractivity contribution in [3.05, 3.63) is 115 Å². The lowest BCUT2D eigenvalue weighted by atomic mass is 9.70. The molecule has 15 rings (SSSR count). The van der Waals surface area contributed by atoms with E-state index in [9.17, 15) is 34.5 Å². The number of aryl methyl sites for hydroxylation is 3. The normalized spacial score (nSPS) is 27.2. The molecule has 0 amide bonds. The first-order valence-electron chi connectivity index (χ1n) is 33.2. The van der Waals surface area contributed by atoms with Crippen molar-refractivity contribution in [3.63, 3.8) is 0 Å². The molecule has 2 N–H and O–H groups in total. The lowest BCUT2D eigenvalue weighted by molar-refractivity contribution is -0.671. The topological polar surface area (TPSA) is 277 Å². The molecular weight excluding hydrogens is 1310 g/mol. The SMILES string of the molecule is CC.COc1c(C)cc2c(c1C)[C@@H]1C3[C@@H]4SCC(=O)C(=O)OC[C@@H](c5c6c(c(C)c(OC(C)=O)c54)OCO6)N3[C@@H](C#N)[C@H](C2)N1C.COc1c(C)cc2c(c1C)[C@@H]1C3[C@@H]4SCC(N)C(=O)OC[C@@H](c5c6c(c(C)c(OC(C)=O)c54)OCO6)N3[C@@H](C#N)[C@H](C2)N1C.COc1cc[n+](C)cc1. The van der Waals surface area contributed by atoms with Gasteiger partial charge in [0.15, 0.2) is 35.4 Å². The number of aromatic nitrogens is 1. The van der Waals surface area contributed by atoms with E-state index in [1.807, 2.05) is 77.8 Å². The molecule has 99 heavy (non-hydrogen) atoms. The molecule has 11 heterocycles. The summed E-state index contributed by atoms with van der Waals surface area (Å²) in [6.07, 6.45) is 5.22. The zero-order valence-corrected chi connectivity index (χ0v) is 60.3. The van der Waals surface area contributed by atoms with Gasteiger partial charge in [-0.1, -0.05) is 26.0 Å². The highest BCUT2D eigenvalue weighted by Crippen LogP contribution is 2.66. The van der Waals surface area contributed by atoms with E-state index in [0.29, 0.717) is 69.6 Å². The molecule has 4 fully saturated rings. The van der Waals surface area contributed by atoms with Gasteiger partial charge in [0.1, 0.15) is 67.1 Å². The zero-order chi connectivity index (χ0) is 71.1. The Labute approximate surface area is 585 Å². The fourth-order valence-electron chi connectivity index (χ4n) is 17.2. The molecule has 10 aliphatic rings. The van der Waals surface area contributed by atoms with Crippen LogP contribution in [0, 0.1) is 64.2 Å². The summed E-state index contributed by atoms with van der Waals surface area (Å²) in [7, 11) is 11.1. The minimum absolute atomic E-state index is 0.00609. The van der Waals surface area contributed by atoms with Crippen molar-refractivity contribution in [2.45, 2.75) is 159 Å². The summed E-state index contributed by atoms with van der Waals surface area (Å²) in [5, 5.41) is 20.8. The number of likely N-dealkylation sites (N-methyl/N-ethyl adjacent to an activating group) is 2. The van der Waals surface area contributed by atoms with E-state index in [1.165, 1.54) is 48.5 Å². The number of nitrogens with zero attached hydrogens (tertiary/aromatic N) is 7. The number of benzene rings is 4. The van der Waals surface area contributed by atoms with Crippen LogP contribution in [0.15, 0.2) is 36.7 Å². The summed E-state index contributed by atoms with van der Waals surface area (Å²) < 4.78 is 66.2. The first-order chi connectivity index (χ1) is 47.5. The van der Waals surface area contributed by atoms with Gasteiger partial charge in [0.05, 0.1) is 73.9 Å². The molecule has 10 aliphatic heterocycles. The molecule has 0 saturated carbocycles. The van der Waals surface area contributed by atoms with E-state index in [-0.39, 0.29) is 79.8 Å². The highest BCUT2D eigenvalue weighted by atomic mass is 32.2. The summed E-state index contributed by atoms with van der Waals surface area (Å²) in [5.74, 6) is 2.43. The van der Waals surface area contributed by atoms with Crippen molar-refractivity contribution in [1.29, 1.82) is 10.5 Å². The molecule has 13 atom stereocenters. The van der Waals surface area contributed by atoms with Crippen LogP contribution in [0.1, 0.15) is 140 Å². The van der Waals surface area contributed by atoms with Gasteiger partial charge in [-0.3, -0.25) is 38.8 Å². The Morgan fingerprint density at radius 3 is 1.45 bits per heavy atom. The number of hydrogen-bond acceptors (Lipinski definition) is 25. The number of Topliss-reactive ketones (excluding diaryl/α,β-unsaturated/α-hetero) is 1. The van der Waals surface area contributed by atoms with E-state index < -0.39 is 65.1 Å². The molecule has 0 radical (unpaired) electrons. The number of ketones is 1. The molecule has 26 heteroatoms. The zero-order valence-electron chi connectivity index (χ0n) is 58.7. The predicted molar refractivity (Wildman–Crippen MR) is 365 cm³/mol. The van der Waals surface area contributed by atoms with E-state index in [0.717, 1.165) is 61.8 Å². The number of thioether (sulfide) groups is 2. The molecule has 0 aliphatic carbocycles. The molecular formula is C73H85N8O16S2+. The second kappa shape index (κ2) is 28.0. The Kier molecular flexibility index (Phi) is 19.9. The van der Waals surface area contributed by atoms with Gasteiger partial charge < -0.3 is 57.8 Å². The predicted octanol–water partition coefficient (Wildman–Crippen LogP) is 8.11. The number of cyclic esters (lactones) is 2. The first kappa shape index (κ1) is 70.5. The van der Waals surface area contributed by atoms with Crippen LogP contribution in [0.3, 0.4) is 0 Å². The largest absolute Gasteiger partial charge is 0.496 e. The van der Waals surface area contributed by atoms with Gasteiger partial charge in [0, 0.05) is 89.3 Å². The minimum atomic E-state index is -0.909. The molecule has 4 aromatic carbocycles. The lowest BCUT2D eigenvalue weighted by Crippen LogP contribution is -2.69. The van der Waals surface area contributed by atoms with Crippen LogP contribution < -0.4 is 52.9 Å². The average Bonchev–Trinajstić information content (AvgIpc) is 1.47. The maximum Gasteiger partial charge on any atom is 0.375 e. The third kappa shape index (κ3) is 11.6. The number of esters is 4. The number of pyridine rings is 1. The summed E-state index contributed by atoms with van der Waals surface area (Å²) in [5.41, 5.74) is 19.4. The minimum Gasteiger partial charge on any atom is -0.496 e. The van der Waals surface area contributed by atoms with Crippen LogP contribution >= 0.6 is 23.5 Å². The molecule has 24 nitrogen and oxygen atoms in total. The number of fused-ring (bicyclic) bond motifs is 18. The molecule has 4 saturated heterocycles. The van der Waals surface area contributed by atoms with Gasteiger partial charge in [-0.05, 0) is 113 Å². The van der Waals surface area contributed by atoms with Crippen molar-refractivity contribution in [2.75, 3.05) is 73.7 Å². The molecule has 3 unspecified atom stereocenters. The Balaban J connectivity index is 0.000000163. The fourth-order valence-corrected chi connectivity index (χ4v) is 19.9. The number of carbonyl (C=O) groups is 5. The third-order valence-electron chi connectivity index (χ3n) is 21.0. The smallest absolute Gasteiger partial charge is 0.375 e. The van der Waals surface area contributed by atoms with Crippen LogP contribution in [-0.4, -0.2) is 165 Å². The second-order valence-electron chi connectivity index (χ2n) is 26.2. The monoisotopic (exact) mass is 1390 g/mol. The molecule has 0 spiro atoms. The maximum atomic E-state index is 13.0. The van der Waals surface area contributed by atoms with E-state index >= 15 is 0 Å². The van der Waals surface area contributed by atoms with Crippen molar-refractivity contribution in [1.82, 2.24) is 19.6 Å². The van der Waals surface area contributed by atoms with Crippen LogP contribution in [-0.2, 0) is 53.3 Å². The van der Waals surface area contributed by atoms with E-state index in [1.54, 1.807) is 21.3 Å². The Morgan fingerprint density at radius 1 is 0.596 bits per heavy atom. The number of hydrogen-bond donors (Lipinski definition) is 1. The van der Waals surface area contributed by atoms with Gasteiger partial charge in [-0.2, -0.15) is 10.5 Å². The van der Waals surface area contributed by atoms with Crippen LogP contribution in [0.5, 0.6) is 51.7 Å². The molecule has 524 valence electrons. The second-order valence-corrected chi connectivity index (χ2v) is 28.5. The highest BCUT2D eigenvalue weighted by Gasteiger charge is 2.63. The summed E-state index contributed by atoms with van der Waals surface area (Å²) in [4.78, 5) is 72.9. The van der Waals surface area contributed by atoms with Crippen LogP contribution in [0.25, 0.3) is 0 Å². The number of nitriles is 2. The van der Waals surface area contributed by atoms with E-state index in [2.05, 4.69) is 71.7 Å². The number of ether oxygens (including phenoxy) is 11. The van der Waals surface area contributed by atoms with Gasteiger partial charge in [0.2, 0.25) is 19.4 Å². The average molecular weight is 1390 g/mol. The number of piperazine rings is 2. The number of methoxy groups -OCH3 is 3. The van der Waals surface area contributed by atoms with Gasteiger partial charge in [-0.25, -0.2) is 9.36 Å². The lowest BCUT2D eigenvalue weighted by Gasteiger charge is -2.62. The van der Waals surface area contributed by atoms with Gasteiger partial charge >= 0.3 is 23.9 Å². The molecule has 1 aromatic heterocycles. The Morgan fingerprint density at radius 2 is 1.03 bits per heavy atom. The number of rotatable bonds is 5. The van der Waals surface area contributed by atoms with Crippen LogP contribution in [0.2, 0.25) is 0 Å². The maximum absolute atomic E-state index is 13.0. The van der Waals surface area contributed by atoms with Gasteiger partial charge in [0.25, 0.3) is 0 Å². The molecule has 8 bridgehead atoms. The quantitative estimate of drug-likeness (QED) is 0.0752. The van der Waals surface area contributed by atoms with Crippen molar-refractivity contribution >= 4 is 53.2 Å². The van der Waals surface area contributed by atoms with E-state index in [4.69, 9.17) is 57.8 Å². The summed E-state index contributed by atoms with van der Waals surface area (Å²) in [6, 6.07) is 8.87. The Bertz CT molecular complexity index is 4210. The van der Waals surface area contributed by atoms with Crippen LogP contribution in [0.4, 0.5) is 0 Å². The summed E-state index contributed by atoms with van der Waals surface area (Å²) >= 11 is 2.82. The standard InChI is InChI=1S/C32H36N4O7S.C32H33N3O8S.C7H10NO.C2H6/c1-13-7-17-8-19-20(9-33)36-21-10-40-32(38)18(34)11-44-31(26(36)25(35(19)5)22(17)14(2)27(13)39-6)24-23(21)30-29(41-12-42-30)15(3)28(24)43-16(4)37;1-13-7-17-8-18-19(9-33)35-20-10-40-32(38)21(37)11-44-31(26(35)25(34(18)5)22(17)14(2)27(13)39-6)24-23(20)30-29(41-12-42-30)15(3)28(24)43-16(4)36;1-8-5-3-7(9-2)4-6-8;1-2/h7,18-21,25-26,31H,8,10-12,34H2,1-6H3;7,18-20,25-26,31H,8,10-12H2,1-6H3;3-6H,1-2H3;1-2H3/q;;+1;/t18?,19-,20-,21-,25+,26?,31+;18-,19-,20-,25+,26?,31+;;/m00../s1. The number of carbonyl (C=O) groups excluding carboxylic acids is 5. The van der Waals surface area contributed by atoms with Crippen molar-refractivity contribution in [2.24, 2.45) is 12.8 Å². The van der Waals surface area contributed by atoms with Crippen molar-refractivity contribution in [3.8, 4) is 63.9 Å². The summed E-state index contributed by atoms with van der Waals surface area (Å²) in [6.45, 7) is 18.4. The van der Waals surface area contributed by atoms with Crippen molar-refractivity contribution < 1.29 is 80.6 Å². The third-order valence-corrected chi connectivity index (χ3v) is 23.7. The van der Waals surface area contributed by atoms with Gasteiger partial charge in [-0.15, -0.1) is 23.5 Å². The fraction of sp³-hybridized carbons (Fsp3) is 0.507. The Hall–Kier alpha value is -8.34. The first-order valence-corrected chi connectivity index (χ1v) is 35.3. The highest BCUT2D eigenvalue weighted by molar-refractivity contribution is 8.00. The number of nitrogens with two attached hydrogens (primary N) is 1.